The van der Waals surface area contributed by atoms with E-state index < -0.39 is 10.5 Å². The molecule has 0 spiro atoms. The zero-order valence-electron chi connectivity index (χ0n) is 13.0. The number of fused-ring (bicyclic) bond motifs is 1. The number of nitro groups is 1. The third-order valence-electron chi connectivity index (χ3n) is 3.38. The van der Waals surface area contributed by atoms with Crippen molar-refractivity contribution in [3.63, 3.8) is 0 Å². The van der Waals surface area contributed by atoms with Crippen molar-refractivity contribution in [1.29, 1.82) is 0 Å². The molecule has 0 saturated carbocycles. The molecule has 1 aromatic heterocycles. The van der Waals surface area contributed by atoms with Crippen LogP contribution in [-0.4, -0.2) is 21.2 Å². The first-order chi connectivity index (χ1) is 11.0. The van der Waals surface area contributed by atoms with Crippen LogP contribution in [0.2, 0.25) is 0 Å². The van der Waals surface area contributed by atoms with Gasteiger partial charge in [0.25, 0.3) is 5.69 Å². The van der Waals surface area contributed by atoms with Gasteiger partial charge in [0.15, 0.2) is 5.75 Å². The average Bonchev–Trinajstić information content (AvgIpc) is 2.54. The number of nitrogens with zero attached hydrogens (tertiary/aromatic N) is 2. The fourth-order valence-corrected chi connectivity index (χ4v) is 2.22. The van der Waals surface area contributed by atoms with Crippen LogP contribution >= 0.6 is 0 Å². The molecule has 0 fully saturated rings. The molecular formula is C16H18N2O5. The molecule has 0 bridgehead atoms. The first-order valence-electron chi connectivity index (χ1n) is 7.32. The van der Waals surface area contributed by atoms with Gasteiger partial charge >= 0.3 is 5.56 Å². The van der Waals surface area contributed by atoms with Gasteiger partial charge in [-0.3, -0.25) is 19.5 Å². The second-order valence-corrected chi connectivity index (χ2v) is 5.00. The smallest absolute Gasteiger partial charge is 0.301 e. The van der Waals surface area contributed by atoms with E-state index in [0.717, 1.165) is 12.8 Å². The number of hydrogen-bond acceptors (Lipinski definition) is 5. The highest BCUT2D eigenvalue weighted by Gasteiger charge is 2.19. The molecule has 0 atom stereocenters. The lowest BCUT2D eigenvalue weighted by molar-refractivity contribution is -0.384. The highest BCUT2D eigenvalue weighted by molar-refractivity contribution is 5.90. The Morgan fingerprint density at radius 1 is 1.43 bits per heavy atom. The third-order valence-corrected chi connectivity index (χ3v) is 3.38. The largest absolute Gasteiger partial charge is 0.504 e. The van der Waals surface area contributed by atoms with Crippen LogP contribution in [0.3, 0.4) is 0 Å². The summed E-state index contributed by atoms with van der Waals surface area (Å²) in [6, 6.07) is 3.95. The number of non-ortho nitro benzene ring substituents is 1. The lowest BCUT2D eigenvalue weighted by atomic mass is 10.1. The molecule has 122 valence electrons. The predicted molar refractivity (Wildman–Crippen MR) is 87.9 cm³/mol. The molecule has 0 radical (unpaired) electrons. The summed E-state index contributed by atoms with van der Waals surface area (Å²) in [5.74, 6) is -0.436. The van der Waals surface area contributed by atoms with Crippen molar-refractivity contribution in [1.82, 2.24) is 4.57 Å². The van der Waals surface area contributed by atoms with E-state index in [1.54, 1.807) is 13.0 Å². The molecule has 7 nitrogen and oxygen atoms in total. The van der Waals surface area contributed by atoms with Crippen LogP contribution in [0.15, 0.2) is 29.1 Å². The Labute approximate surface area is 132 Å². The van der Waals surface area contributed by atoms with Gasteiger partial charge in [0, 0.05) is 23.7 Å². The first kappa shape index (κ1) is 16.5. The fraction of sp³-hybridized carbons (Fsp3) is 0.312. The number of rotatable bonds is 6. The summed E-state index contributed by atoms with van der Waals surface area (Å²) in [6.07, 6.45) is 4.76. The number of pyridine rings is 1. The van der Waals surface area contributed by atoms with Crippen LogP contribution in [0.4, 0.5) is 5.69 Å². The van der Waals surface area contributed by atoms with E-state index in [-0.39, 0.29) is 22.7 Å². The molecule has 1 aromatic carbocycles. The van der Waals surface area contributed by atoms with Gasteiger partial charge in [-0.25, -0.2) is 0 Å². The molecular weight excluding hydrogens is 300 g/mol. The van der Waals surface area contributed by atoms with Gasteiger partial charge in [-0.2, -0.15) is 0 Å². The lowest BCUT2D eigenvalue weighted by Gasteiger charge is -2.13. The number of benzene rings is 1. The van der Waals surface area contributed by atoms with Gasteiger partial charge in [0.05, 0.1) is 17.0 Å². The maximum atomic E-state index is 12.5. The summed E-state index contributed by atoms with van der Waals surface area (Å²) in [6.45, 7) is 4.02. The van der Waals surface area contributed by atoms with Crippen molar-refractivity contribution < 1.29 is 14.8 Å². The summed E-state index contributed by atoms with van der Waals surface area (Å²) < 4.78 is 6.67. The van der Waals surface area contributed by atoms with Crippen LogP contribution in [0.25, 0.3) is 17.1 Å². The second kappa shape index (κ2) is 6.95. The Bertz CT molecular complexity index is 823. The summed E-state index contributed by atoms with van der Waals surface area (Å²) in [5, 5.41) is 21.6. The Balaban J connectivity index is 2.74. The molecule has 2 aromatic rings. The third kappa shape index (κ3) is 3.18. The summed E-state index contributed by atoms with van der Waals surface area (Å²) in [5.41, 5.74) is -0.457. The van der Waals surface area contributed by atoms with Crippen LogP contribution in [0.1, 0.15) is 26.7 Å². The molecule has 0 aliphatic heterocycles. The molecule has 2 rings (SSSR count). The van der Waals surface area contributed by atoms with Crippen molar-refractivity contribution in [2.75, 3.05) is 6.61 Å². The Hall–Kier alpha value is -2.83. The minimum atomic E-state index is -0.551. The normalized spacial score (nSPS) is 11.2. The van der Waals surface area contributed by atoms with Crippen LogP contribution in [0, 0.1) is 10.1 Å². The number of ether oxygens (including phenoxy) is 1. The van der Waals surface area contributed by atoms with Gasteiger partial charge in [-0.15, -0.1) is 0 Å². The number of aromatic nitrogens is 1. The Morgan fingerprint density at radius 3 is 2.78 bits per heavy atom. The van der Waals surface area contributed by atoms with Gasteiger partial charge in [0.1, 0.15) is 0 Å². The van der Waals surface area contributed by atoms with Crippen molar-refractivity contribution in [3.8, 4) is 11.5 Å². The Morgan fingerprint density at radius 2 is 2.17 bits per heavy atom. The van der Waals surface area contributed by atoms with Gasteiger partial charge < -0.3 is 9.84 Å². The number of allylic oxidation sites excluding steroid dienone is 1. The monoisotopic (exact) mass is 318 g/mol. The predicted octanol–water partition coefficient (Wildman–Crippen LogP) is 3.28. The average molecular weight is 318 g/mol. The van der Waals surface area contributed by atoms with Crippen molar-refractivity contribution >= 4 is 22.8 Å². The first-order valence-corrected chi connectivity index (χ1v) is 7.32. The maximum absolute atomic E-state index is 12.5. The van der Waals surface area contributed by atoms with Gasteiger partial charge in [0.2, 0.25) is 5.75 Å². The number of nitro benzene ring substituents is 1. The van der Waals surface area contributed by atoms with Crippen molar-refractivity contribution in [2.45, 2.75) is 26.7 Å². The van der Waals surface area contributed by atoms with E-state index in [9.17, 15) is 20.0 Å². The Kier molecular flexibility index (Phi) is 5.00. The number of unbranched alkanes of at least 4 members (excludes halogenated alkanes) is 1. The van der Waals surface area contributed by atoms with Crippen LogP contribution in [0.5, 0.6) is 11.5 Å². The minimum absolute atomic E-state index is 0.141. The molecule has 0 aliphatic carbocycles. The summed E-state index contributed by atoms with van der Waals surface area (Å²) >= 11 is 0. The van der Waals surface area contributed by atoms with E-state index in [1.165, 1.54) is 29.0 Å². The zero-order valence-corrected chi connectivity index (χ0v) is 13.0. The van der Waals surface area contributed by atoms with E-state index >= 15 is 0 Å². The molecule has 1 heterocycles. The number of hydrogen-bond donors (Lipinski definition) is 1. The van der Waals surface area contributed by atoms with E-state index in [0.29, 0.717) is 12.0 Å². The molecule has 0 unspecified atom stereocenters. The van der Waals surface area contributed by atoms with Gasteiger partial charge in [-0.05, 0) is 19.4 Å². The van der Waals surface area contributed by atoms with E-state index in [4.69, 9.17) is 4.74 Å². The zero-order chi connectivity index (χ0) is 17.0. The standard InChI is InChI=1S/C16H18N2O5/c1-3-5-9-23-15-14(19)12-7-6-11(18(21)22)10-13(12)17(8-4-2)16(15)20/h4,6-8,10,19H,3,5,9H2,1-2H3. The quantitative estimate of drug-likeness (QED) is 0.501. The molecule has 7 heteroatoms. The lowest BCUT2D eigenvalue weighted by Crippen LogP contribution is -2.19. The summed E-state index contributed by atoms with van der Waals surface area (Å²) in [7, 11) is 0. The van der Waals surface area contributed by atoms with Crippen LogP contribution in [-0.2, 0) is 0 Å². The van der Waals surface area contributed by atoms with E-state index in [1.807, 2.05) is 6.92 Å². The maximum Gasteiger partial charge on any atom is 0.301 e. The van der Waals surface area contributed by atoms with Crippen molar-refractivity contribution in [2.24, 2.45) is 0 Å². The fourth-order valence-electron chi connectivity index (χ4n) is 2.22. The molecule has 0 amide bonds. The summed E-state index contributed by atoms with van der Waals surface area (Å²) in [4.78, 5) is 22.9. The van der Waals surface area contributed by atoms with E-state index in [2.05, 4.69) is 0 Å². The minimum Gasteiger partial charge on any atom is -0.504 e. The molecule has 23 heavy (non-hydrogen) atoms. The molecule has 1 N–H and O–H groups in total. The van der Waals surface area contributed by atoms with Crippen LogP contribution < -0.4 is 10.3 Å². The molecule has 0 aliphatic rings. The molecule has 0 saturated heterocycles. The topological polar surface area (TPSA) is 94.6 Å². The second-order valence-electron chi connectivity index (χ2n) is 5.00. The highest BCUT2D eigenvalue weighted by atomic mass is 16.6. The SMILES string of the molecule is CC=Cn1c(=O)c(OCCCC)c(O)c2ccc([N+](=O)[O-])cc21. The highest BCUT2D eigenvalue weighted by Crippen LogP contribution is 2.33. The number of aromatic hydroxyl groups is 1. The van der Waals surface area contributed by atoms with Gasteiger partial charge in [-0.1, -0.05) is 19.4 Å². The van der Waals surface area contributed by atoms with Crippen molar-refractivity contribution in [3.05, 3.63) is 44.7 Å².